The molecule has 1 fully saturated rings. The minimum absolute atomic E-state index is 0. The molecule has 104 valence electrons. The number of ether oxygens (including phenoxy) is 1. The maximum atomic E-state index is 10.3. The third-order valence-electron chi connectivity index (χ3n) is 2.08. The second kappa shape index (κ2) is 11.6. The van der Waals surface area contributed by atoms with Crippen LogP contribution in [0, 0.1) is 0 Å². The van der Waals surface area contributed by atoms with Gasteiger partial charge in [-0.05, 0) is 0 Å². The van der Waals surface area contributed by atoms with E-state index in [9.17, 15) is 29.7 Å². The summed E-state index contributed by atoms with van der Waals surface area (Å²) in [6.07, 6.45) is -8.61. The summed E-state index contributed by atoms with van der Waals surface area (Å²) < 4.78 is 18.7. The van der Waals surface area contributed by atoms with Gasteiger partial charge in [-0.25, -0.2) is 0 Å². The van der Waals surface area contributed by atoms with Gasteiger partial charge in [-0.15, -0.1) is 0 Å². The summed E-state index contributed by atoms with van der Waals surface area (Å²) in [4.78, 5) is 20.6. The molecule has 1 aliphatic rings. The SMILES string of the molecule is O.O=P([O-])([O-])O[C@H]1O[C@H](CO)[C@H](O)[C@H](O)[C@H]1O.[K+].[K+]. The van der Waals surface area contributed by atoms with E-state index in [0.29, 0.717) is 0 Å². The third kappa shape index (κ3) is 8.53. The molecule has 0 unspecified atom stereocenters. The average molecular weight is 354 g/mol. The smallest absolute Gasteiger partial charge is 0.790 e. The molecule has 10 nitrogen and oxygen atoms in total. The molecule has 0 aliphatic carbocycles. The van der Waals surface area contributed by atoms with Gasteiger partial charge in [0.2, 0.25) is 0 Å². The molecule has 1 saturated heterocycles. The number of phosphoric ester groups is 1. The Labute approximate surface area is 193 Å². The van der Waals surface area contributed by atoms with Crippen LogP contribution in [-0.4, -0.2) is 63.2 Å². The van der Waals surface area contributed by atoms with Crippen molar-refractivity contribution in [3.05, 3.63) is 0 Å². The van der Waals surface area contributed by atoms with Crippen molar-refractivity contribution in [1.82, 2.24) is 0 Å². The third-order valence-corrected chi connectivity index (χ3v) is 2.55. The van der Waals surface area contributed by atoms with Gasteiger partial charge in [-0.3, -0.25) is 0 Å². The second-order valence-corrected chi connectivity index (χ2v) is 4.36. The number of rotatable bonds is 3. The number of hydrogen-bond acceptors (Lipinski definition) is 9. The summed E-state index contributed by atoms with van der Waals surface area (Å²) in [7, 11) is -5.41. The van der Waals surface area contributed by atoms with Gasteiger partial charge in [0.05, 0.1) is 14.4 Å². The maximum absolute atomic E-state index is 10.3. The van der Waals surface area contributed by atoms with Gasteiger partial charge in [0, 0.05) is 0 Å². The average Bonchev–Trinajstić information content (AvgIpc) is 2.17. The van der Waals surface area contributed by atoms with Crippen LogP contribution < -0.4 is 113 Å². The van der Waals surface area contributed by atoms with E-state index in [0.717, 1.165) is 0 Å². The van der Waals surface area contributed by atoms with Crippen molar-refractivity contribution in [2.45, 2.75) is 30.7 Å². The number of phosphoric acid groups is 1. The summed E-state index contributed by atoms with van der Waals surface area (Å²) in [6, 6.07) is 0. The molecule has 0 spiro atoms. The Bertz CT molecular complexity index is 285. The van der Waals surface area contributed by atoms with Gasteiger partial charge in [-0.2, -0.15) is 0 Å². The molecule has 0 aromatic rings. The minimum atomic E-state index is -5.41. The topological polar surface area (TPSA) is 194 Å². The van der Waals surface area contributed by atoms with Crippen LogP contribution in [-0.2, 0) is 13.8 Å². The molecule has 13 heteroatoms. The summed E-state index contributed by atoms with van der Waals surface area (Å²) in [5.41, 5.74) is 0. The van der Waals surface area contributed by atoms with Crippen molar-refractivity contribution in [2.24, 2.45) is 0 Å². The van der Waals surface area contributed by atoms with E-state index in [4.69, 9.17) is 5.11 Å². The van der Waals surface area contributed by atoms with Gasteiger partial charge in [0.15, 0.2) is 6.29 Å². The predicted molar refractivity (Wildman–Crippen MR) is 46.1 cm³/mol. The molecule has 0 amide bonds. The van der Waals surface area contributed by atoms with E-state index >= 15 is 0 Å². The first-order chi connectivity index (χ1) is 7.26. The molecule has 0 aromatic heterocycles. The van der Waals surface area contributed by atoms with Gasteiger partial charge in [-0.1, -0.05) is 0 Å². The van der Waals surface area contributed by atoms with E-state index in [1.54, 1.807) is 0 Å². The first-order valence-corrected chi connectivity index (χ1v) is 5.73. The summed E-state index contributed by atoms with van der Waals surface area (Å²) in [5, 5.41) is 36.5. The van der Waals surface area contributed by atoms with Crippen LogP contribution in [0.25, 0.3) is 0 Å². The second-order valence-electron chi connectivity index (χ2n) is 3.25. The van der Waals surface area contributed by atoms with Crippen LogP contribution in [0.5, 0.6) is 0 Å². The minimum Gasteiger partial charge on any atom is -0.790 e. The summed E-state index contributed by atoms with van der Waals surface area (Å²) >= 11 is 0. The zero-order valence-corrected chi connectivity index (χ0v) is 17.5. The van der Waals surface area contributed by atoms with Crippen molar-refractivity contribution in [1.29, 1.82) is 0 Å². The fraction of sp³-hybridized carbons (Fsp3) is 1.00. The number of aliphatic hydroxyl groups excluding tert-OH is 4. The first kappa shape index (κ1) is 27.0. The van der Waals surface area contributed by atoms with E-state index in [-0.39, 0.29) is 108 Å². The van der Waals surface area contributed by atoms with Gasteiger partial charge >= 0.3 is 103 Å². The maximum Gasteiger partial charge on any atom is 1.00 e. The zero-order valence-electron chi connectivity index (χ0n) is 10.4. The molecule has 0 radical (unpaired) electrons. The quantitative estimate of drug-likeness (QED) is 0.281. The Morgan fingerprint density at radius 1 is 1.11 bits per heavy atom. The summed E-state index contributed by atoms with van der Waals surface area (Å²) in [5.74, 6) is 0. The summed E-state index contributed by atoms with van der Waals surface area (Å²) in [6.45, 7) is -0.743. The Hall–Kier alpha value is 3.14. The monoisotopic (exact) mass is 354 g/mol. The van der Waals surface area contributed by atoms with Gasteiger partial charge in [0.25, 0.3) is 0 Å². The molecule has 0 saturated carbocycles. The van der Waals surface area contributed by atoms with Crippen molar-refractivity contribution >= 4 is 7.82 Å². The van der Waals surface area contributed by atoms with Crippen LogP contribution in [0.2, 0.25) is 0 Å². The molecular formula is C6H13K2O10P. The van der Waals surface area contributed by atoms with Crippen LogP contribution >= 0.6 is 7.82 Å². The van der Waals surface area contributed by atoms with Crippen molar-refractivity contribution < 1.29 is 152 Å². The van der Waals surface area contributed by atoms with Crippen LogP contribution in [0.1, 0.15) is 0 Å². The zero-order chi connectivity index (χ0) is 12.5. The Morgan fingerprint density at radius 3 is 1.95 bits per heavy atom. The van der Waals surface area contributed by atoms with Crippen LogP contribution in [0.15, 0.2) is 0 Å². The van der Waals surface area contributed by atoms with E-state index < -0.39 is 45.1 Å². The van der Waals surface area contributed by atoms with Crippen molar-refractivity contribution in [3.63, 3.8) is 0 Å². The molecule has 6 N–H and O–H groups in total. The van der Waals surface area contributed by atoms with Gasteiger partial charge < -0.3 is 49.5 Å². The molecule has 1 heterocycles. The molecule has 5 atom stereocenters. The van der Waals surface area contributed by atoms with E-state index in [1.807, 2.05) is 0 Å². The predicted octanol–water partition coefficient (Wildman–Crippen LogP) is -11.2. The standard InChI is InChI=1S/C6H13O9P.2K.H2O/c7-1-2-3(8)4(9)5(10)6(14-2)15-16(11,12)13;;;/h2-10H,1H2,(H2,11,12,13);;;1H2/q;2*+1;/p-2/t2-,3+,4+,5-,6-;;;/m1.../s1. The molecule has 0 aromatic carbocycles. The van der Waals surface area contributed by atoms with Gasteiger partial charge in [0.1, 0.15) is 24.4 Å². The molecule has 19 heavy (non-hydrogen) atoms. The number of hydrogen-bond donors (Lipinski definition) is 4. The molecule has 1 aliphatic heterocycles. The Balaban J connectivity index is -0.000000853. The molecule has 1 rings (SSSR count). The Kier molecular flexibility index (Phi) is 16.6. The van der Waals surface area contributed by atoms with Crippen LogP contribution in [0.4, 0.5) is 0 Å². The molecule has 0 bridgehead atoms. The first-order valence-electron chi connectivity index (χ1n) is 4.27. The molecular weight excluding hydrogens is 341 g/mol. The normalized spacial score (nSPS) is 34.5. The Morgan fingerprint density at radius 2 is 1.58 bits per heavy atom. The van der Waals surface area contributed by atoms with E-state index in [2.05, 4.69) is 9.26 Å². The fourth-order valence-corrected chi connectivity index (χ4v) is 1.71. The number of aliphatic hydroxyl groups is 4. The van der Waals surface area contributed by atoms with Crippen molar-refractivity contribution in [2.75, 3.05) is 6.61 Å². The van der Waals surface area contributed by atoms with E-state index in [1.165, 1.54) is 0 Å². The fourth-order valence-electron chi connectivity index (χ4n) is 1.28. The van der Waals surface area contributed by atoms with Crippen molar-refractivity contribution in [3.8, 4) is 0 Å². The van der Waals surface area contributed by atoms with Crippen LogP contribution in [0.3, 0.4) is 0 Å². The largest absolute Gasteiger partial charge is 1.00 e.